The van der Waals surface area contributed by atoms with E-state index in [9.17, 15) is 4.21 Å². The van der Waals surface area contributed by atoms with Crippen LogP contribution in [-0.2, 0) is 17.8 Å². The number of thiazole rings is 1. The number of nitrogens with one attached hydrogen (secondary N) is 1. The van der Waals surface area contributed by atoms with Gasteiger partial charge in [-0.05, 0) is 12.5 Å². The fraction of sp³-hybridized carbons (Fsp3) is 0.278. The molecule has 0 bridgehead atoms. The summed E-state index contributed by atoms with van der Waals surface area (Å²) in [5.41, 5.74) is 9.75. The highest BCUT2D eigenvalue weighted by Crippen LogP contribution is 2.42. The van der Waals surface area contributed by atoms with E-state index in [1.807, 2.05) is 35.6 Å². The van der Waals surface area contributed by atoms with E-state index < -0.39 is 10.8 Å². The minimum atomic E-state index is -1.11. The molecule has 3 N–H and O–H groups in total. The monoisotopic (exact) mass is 418 g/mol. The van der Waals surface area contributed by atoms with Crippen molar-refractivity contribution >= 4 is 49.4 Å². The van der Waals surface area contributed by atoms with Crippen LogP contribution in [-0.4, -0.2) is 24.9 Å². The standard InChI is InChI=1S/C18H19N5OS3/c1-3-4-7-27(24)18-15(19)14-11(13-9-23(2)10-21-13)8-12(22-17(14)26-18)16-20-5-6-25-16/h5-6,8-10H,3-4,7,19H2,1-2H3/p+1/t27-/m1/s1. The normalized spacial score (nSPS) is 12.7. The number of thiophene rings is 1. The molecule has 0 aliphatic heterocycles. The van der Waals surface area contributed by atoms with Crippen LogP contribution in [0, 0.1) is 0 Å². The molecule has 4 aromatic rings. The van der Waals surface area contributed by atoms with Crippen molar-refractivity contribution in [2.24, 2.45) is 7.05 Å². The van der Waals surface area contributed by atoms with Gasteiger partial charge in [0.1, 0.15) is 25.9 Å². The summed E-state index contributed by atoms with van der Waals surface area (Å²) in [4.78, 5) is 13.3. The van der Waals surface area contributed by atoms with E-state index in [0.717, 1.165) is 49.2 Å². The van der Waals surface area contributed by atoms with Crippen LogP contribution in [0.3, 0.4) is 0 Å². The van der Waals surface area contributed by atoms with Gasteiger partial charge in [-0.25, -0.2) is 19.5 Å². The maximum atomic E-state index is 12.8. The number of nitrogens with zero attached hydrogens (tertiary/aromatic N) is 3. The smallest absolute Gasteiger partial charge is 0.241 e. The third-order valence-electron chi connectivity index (χ3n) is 4.25. The number of unbranched alkanes of at least 4 members (excludes halogenated alkanes) is 1. The lowest BCUT2D eigenvalue weighted by atomic mass is 10.1. The predicted molar refractivity (Wildman–Crippen MR) is 112 cm³/mol. The molecule has 0 aliphatic carbocycles. The van der Waals surface area contributed by atoms with Crippen LogP contribution in [0.15, 0.2) is 34.4 Å². The van der Waals surface area contributed by atoms with Crippen LogP contribution in [0.1, 0.15) is 19.8 Å². The Bertz CT molecular complexity index is 1110. The van der Waals surface area contributed by atoms with Crippen molar-refractivity contribution in [3.8, 4) is 22.0 Å². The number of H-pyrrole nitrogens is 1. The Hall–Kier alpha value is -2.10. The van der Waals surface area contributed by atoms with E-state index in [4.69, 9.17) is 10.7 Å². The molecule has 4 heterocycles. The summed E-state index contributed by atoms with van der Waals surface area (Å²) in [5, 5.41) is 3.65. The number of hydrogen-bond donors (Lipinski definition) is 2. The maximum absolute atomic E-state index is 12.8. The Balaban J connectivity index is 1.94. The molecule has 0 amide bonds. The lowest BCUT2D eigenvalue weighted by molar-refractivity contribution is -0.669. The van der Waals surface area contributed by atoms with Crippen LogP contribution < -0.4 is 10.3 Å². The second kappa shape index (κ2) is 7.49. The molecule has 6 nitrogen and oxygen atoms in total. The van der Waals surface area contributed by atoms with Gasteiger partial charge in [-0.2, -0.15) is 0 Å². The number of fused-ring (bicyclic) bond motifs is 1. The number of hydrogen-bond acceptors (Lipinski definition) is 6. The van der Waals surface area contributed by atoms with Crippen LogP contribution in [0.25, 0.3) is 32.2 Å². The van der Waals surface area contributed by atoms with Gasteiger partial charge in [-0.1, -0.05) is 13.3 Å². The first-order valence-corrected chi connectivity index (χ1v) is 11.6. The second-order valence-corrected chi connectivity index (χ2v) is 9.92. The Morgan fingerprint density at radius 2 is 2.26 bits per heavy atom. The highest BCUT2D eigenvalue weighted by Gasteiger charge is 2.23. The fourth-order valence-electron chi connectivity index (χ4n) is 2.91. The SMILES string of the molecule is CCCC[S@@](=O)c1sc2nc(-c3nccs3)cc(-c3c[n+](C)c[nH]3)c2c1N. The molecule has 0 aromatic carbocycles. The van der Waals surface area contributed by atoms with Gasteiger partial charge >= 0.3 is 0 Å². The first-order valence-electron chi connectivity index (χ1n) is 8.63. The number of aromatic amines is 1. The molecule has 9 heteroatoms. The average Bonchev–Trinajstić information content (AvgIpc) is 3.39. The highest BCUT2D eigenvalue weighted by molar-refractivity contribution is 7.87. The zero-order valence-electron chi connectivity index (χ0n) is 15.1. The molecular formula is C18H20N5OS3+. The molecular weight excluding hydrogens is 398 g/mol. The van der Waals surface area contributed by atoms with Gasteiger partial charge in [-0.15, -0.1) is 22.7 Å². The summed E-state index contributed by atoms with van der Waals surface area (Å²) >= 11 is 2.98. The number of nitrogen functional groups attached to an aromatic ring is 1. The van der Waals surface area contributed by atoms with E-state index in [1.165, 1.54) is 11.3 Å². The number of rotatable bonds is 6. The topological polar surface area (TPSA) is 88.5 Å². The lowest BCUT2D eigenvalue weighted by Crippen LogP contribution is -2.22. The quantitative estimate of drug-likeness (QED) is 0.467. The summed E-state index contributed by atoms with van der Waals surface area (Å²) in [5.74, 6) is 0.625. The summed E-state index contributed by atoms with van der Waals surface area (Å²) in [7, 11) is 0.855. The zero-order valence-corrected chi connectivity index (χ0v) is 17.5. The molecule has 4 rings (SSSR count). The van der Waals surface area contributed by atoms with Gasteiger partial charge in [0.15, 0.2) is 5.69 Å². The molecule has 0 saturated carbocycles. The molecule has 0 fully saturated rings. The van der Waals surface area contributed by atoms with Crippen LogP contribution in [0.5, 0.6) is 0 Å². The lowest BCUT2D eigenvalue weighted by Gasteiger charge is -2.03. The average molecular weight is 419 g/mol. The number of anilines is 1. The zero-order chi connectivity index (χ0) is 19.0. The van der Waals surface area contributed by atoms with E-state index in [0.29, 0.717) is 11.4 Å². The van der Waals surface area contributed by atoms with Crippen molar-refractivity contribution in [3.63, 3.8) is 0 Å². The van der Waals surface area contributed by atoms with Crippen LogP contribution >= 0.6 is 22.7 Å². The first kappa shape index (κ1) is 18.3. The molecule has 0 unspecified atom stereocenters. The molecule has 4 aromatic heterocycles. The largest absolute Gasteiger partial charge is 0.396 e. The number of nitrogens with two attached hydrogens (primary N) is 1. The summed E-state index contributed by atoms with van der Waals surface area (Å²) < 4.78 is 15.4. The molecule has 140 valence electrons. The van der Waals surface area contributed by atoms with Crippen molar-refractivity contribution in [2.45, 2.75) is 24.0 Å². The van der Waals surface area contributed by atoms with Gasteiger partial charge in [0, 0.05) is 28.3 Å². The molecule has 27 heavy (non-hydrogen) atoms. The Labute approximate surface area is 167 Å². The third-order valence-corrected chi connectivity index (χ3v) is 8.04. The number of aromatic nitrogens is 4. The second-order valence-electron chi connectivity index (χ2n) is 6.26. The van der Waals surface area contributed by atoms with E-state index in [1.54, 1.807) is 17.5 Å². The van der Waals surface area contributed by atoms with Gasteiger partial charge in [0.05, 0.1) is 23.5 Å². The highest BCUT2D eigenvalue weighted by atomic mass is 32.2. The van der Waals surface area contributed by atoms with Crippen molar-refractivity contribution in [1.29, 1.82) is 0 Å². The van der Waals surface area contributed by atoms with Gasteiger partial charge < -0.3 is 5.73 Å². The Kier molecular flexibility index (Phi) is 5.07. The van der Waals surface area contributed by atoms with Gasteiger partial charge in [-0.3, -0.25) is 4.21 Å². The van der Waals surface area contributed by atoms with Gasteiger partial charge in [0.25, 0.3) is 0 Å². The molecule has 0 saturated heterocycles. The molecule has 1 atom stereocenters. The Morgan fingerprint density at radius 3 is 2.93 bits per heavy atom. The van der Waals surface area contributed by atoms with Crippen molar-refractivity contribution < 1.29 is 8.78 Å². The molecule has 0 radical (unpaired) electrons. The van der Waals surface area contributed by atoms with E-state index in [-0.39, 0.29) is 0 Å². The maximum Gasteiger partial charge on any atom is 0.241 e. The fourth-order valence-corrected chi connectivity index (χ4v) is 6.30. The van der Waals surface area contributed by atoms with E-state index >= 15 is 0 Å². The summed E-state index contributed by atoms with van der Waals surface area (Å²) in [6, 6.07) is 2.01. The van der Waals surface area contributed by atoms with Crippen molar-refractivity contribution in [2.75, 3.05) is 11.5 Å². The minimum Gasteiger partial charge on any atom is -0.396 e. The van der Waals surface area contributed by atoms with E-state index in [2.05, 4.69) is 16.9 Å². The number of imidazole rings is 1. The number of pyridine rings is 1. The predicted octanol–water partition coefficient (Wildman–Crippen LogP) is 3.73. The van der Waals surface area contributed by atoms with Crippen LogP contribution in [0.2, 0.25) is 0 Å². The molecule has 0 aliphatic rings. The summed E-state index contributed by atoms with van der Waals surface area (Å²) in [6.45, 7) is 2.09. The Morgan fingerprint density at radius 1 is 1.41 bits per heavy atom. The van der Waals surface area contributed by atoms with Crippen molar-refractivity contribution in [3.05, 3.63) is 30.2 Å². The first-order chi connectivity index (χ1) is 13.1. The number of aryl methyl sites for hydroxylation is 1. The van der Waals surface area contributed by atoms with Gasteiger partial charge in [0.2, 0.25) is 6.33 Å². The summed E-state index contributed by atoms with van der Waals surface area (Å²) in [6.07, 6.45) is 7.58. The third kappa shape index (κ3) is 3.42. The van der Waals surface area contributed by atoms with Crippen LogP contribution in [0.4, 0.5) is 5.69 Å². The minimum absolute atomic E-state index is 0.579. The van der Waals surface area contributed by atoms with Crippen molar-refractivity contribution in [1.82, 2.24) is 15.0 Å². The molecule has 0 spiro atoms.